The second kappa shape index (κ2) is 12.5. The molecule has 0 aliphatic heterocycles. The molecule has 0 aliphatic carbocycles. The number of aromatic nitrogens is 1. The number of alkyl carbamates (subject to hydrolysis) is 1. The Balaban J connectivity index is 2.32. The lowest BCUT2D eigenvalue weighted by atomic mass is 10.1. The van der Waals surface area contributed by atoms with E-state index in [1.54, 1.807) is 32.0 Å². The van der Waals surface area contributed by atoms with E-state index in [1.807, 2.05) is 13.8 Å². The number of carbonyl (C=O) groups is 1. The number of amides is 1. The summed E-state index contributed by atoms with van der Waals surface area (Å²) in [5.41, 5.74) is 0.453. The molecular formula is C21H30Cl2N4O5S. The molecular weight excluding hydrogens is 491 g/mol. The van der Waals surface area contributed by atoms with E-state index < -0.39 is 16.1 Å². The monoisotopic (exact) mass is 520 g/mol. The summed E-state index contributed by atoms with van der Waals surface area (Å²) in [6, 6.07) is 4.73. The smallest absolute Gasteiger partial charge is 0.407 e. The van der Waals surface area contributed by atoms with Crippen molar-refractivity contribution in [1.29, 1.82) is 0 Å². The van der Waals surface area contributed by atoms with E-state index in [4.69, 9.17) is 32.5 Å². The summed E-state index contributed by atoms with van der Waals surface area (Å²) in [6.45, 7) is 9.59. The minimum Gasteiger partial charge on any atom is -0.441 e. The Morgan fingerprint density at radius 2 is 1.85 bits per heavy atom. The predicted octanol–water partition coefficient (Wildman–Crippen LogP) is 4.76. The fourth-order valence-electron chi connectivity index (χ4n) is 3.06. The Kier molecular flexibility index (Phi) is 10.3. The highest BCUT2D eigenvalue weighted by Gasteiger charge is 2.26. The summed E-state index contributed by atoms with van der Waals surface area (Å²) >= 11 is 12.6. The van der Waals surface area contributed by atoms with Gasteiger partial charge < -0.3 is 19.5 Å². The number of carbonyl (C=O) groups excluding carboxylic acids is 1. The van der Waals surface area contributed by atoms with Gasteiger partial charge in [-0.1, -0.05) is 48.3 Å². The fourth-order valence-corrected chi connectivity index (χ4v) is 4.76. The lowest BCUT2D eigenvalue weighted by Gasteiger charge is -2.17. The fraction of sp³-hybridized carbons (Fsp3) is 0.524. The third-order valence-electron chi connectivity index (χ3n) is 4.74. The number of ether oxygens (including phenoxy) is 1. The van der Waals surface area contributed by atoms with Crippen molar-refractivity contribution >= 4 is 45.0 Å². The molecule has 1 heterocycles. The summed E-state index contributed by atoms with van der Waals surface area (Å²) in [4.78, 5) is 14.0. The third-order valence-corrected chi connectivity index (χ3v) is 6.71. The number of hydrogen-bond acceptors (Lipinski definition) is 7. The zero-order chi connectivity index (χ0) is 24.6. The first-order valence-electron chi connectivity index (χ1n) is 10.7. The van der Waals surface area contributed by atoms with Gasteiger partial charge in [0.15, 0.2) is 12.4 Å². The van der Waals surface area contributed by atoms with E-state index in [2.05, 4.69) is 20.1 Å². The Hall–Kier alpha value is -2.01. The van der Waals surface area contributed by atoms with Crippen LogP contribution in [0.15, 0.2) is 22.7 Å². The van der Waals surface area contributed by atoms with Gasteiger partial charge in [0, 0.05) is 11.6 Å². The molecule has 0 bridgehead atoms. The molecule has 0 spiro atoms. The SMILES string of the molecule is CCN(CC)CCCS(=O)(=O)Nc1c(-c2c(Cl)cccc2Cl)noc1COC(=O)NC(C)C. The van der Waals surface area contributed by atoms with E-state index >= 15 is 0 Å². The number of nitrogens with zero attached hydrogens (tertiary/aromatic N) is 2. The molecule has 2 N–H and O–H groups in total. The zero-order valence-corrected chi connectivity index (χ0v) is 21.5. The van der Waals surface area contributed by atoms with Gasteiger partial charge in [-0.05, 0) is 52.0 Å². The molecule has 0 aliphatic rings. The quantitative estimate of drug-likeness (QED) is 0.414. The average molecular weight is 521 g/mol. The topological polar surface area (TPSA) is 114 Å². The van der Waals surface area contributed by atoms with Crippen molar-refractivity contribution in [2.24, 2.45) is 0 Å². The van der Waals surface area contributed by atoms with E-state index in [1.165, 1.54) is 0 Å². The van der Waals surface area contributed by atoms with Crippen LogP contribution >= 0.6 is 23.2 Å². The van der Waals surface area contributed by atoms with Gasteiger partial charge in [-0.15, -0.1) is 0 Å². The first kappa shape index (κ1) is 27.2. The molecule has 0 radical (unpaired) electrons. The largest absolute Gasteiger partial charge is 0.441 e. The first-order valence-corrected chi connectivity index (χ1v) is 13.1. The van der Waals surface area contributed by atoms with Gasteiger partial charge in [0.05, 0.1) is 15.8 Å². The number of anilines is 1. The summed E-state index contributed by atoms with van der Waals surface area (Å²) in [5, 5.41) is 7.09. The van der Waals surface area contributed by atoms with Crippen LogP contribution in [0.25, 0.3) is 11.3 Å². The Morgan fingerprint density at radius 1 is 1.21 bits per heavy atom. The van der Waals surface area contributed by atoms with E-state index in [0.717, 1.165) is 13.1 Å². The minimum atomic E-state index is -3.77. The molecule has 2 rings (SSSR count). The van der Waals surface area contributed by atoms with Crippen LogP contribution in [0.3, 0.4) is 0 Å². The number of sulfonamides is 1. The van der Waals surface area contributed by atoms with Crippen LogP contribution in [-0.4, -0.2) is 56.0 Å². The van der Waals surface area contributed by atoms with Gasteiger partial charge >= 0.3 is 6.09 Å². The maximum atomic E-state index is 12.9. The molecule has 0 saturated carbocycles. The minimum absolute atomic E-state index is 0.0206. The molecule has 0 fully saturated rings. The molecule has 12 heteroatoms. The van der Waals surface area contributed by atoms with Gasteiger partial charge in [-0.3, -0.25) is 4.72 Å². The molecule has 0 atom stereocenters. The zero-order valence-electron chi connectivity index (χ0n) is 19.2. The van der Waals surface area contributed by atoms with Gasteiger partial charge in [-0.25, -0.2) is 13.2 Å². The van der Waals surface area contributed by atoms with Gasteiger partial charge in [0.1, 0.15) is 11.4 Å². The van der Waals surface area contributed by atoms with Crippen molar-refractivity contribution < 1.29 is 22.5 Å². The lowest BCUT2D eigenvalue weighted by molar-refractivity contribution is 0.126. The normalized spacial score (nSPS) is 11.8. The maximum Gasteiger partial charge on any atom is 0.407 e. The highest BCUT2D eigenvalue weighted by molar-refractivity contribution is 7.92. The molecule has 1 aromatic heterocycles. The van der Waals surface area contributed by atoms with Crippen molar-refractivity contribution in [3.05, 3.63) is 34.0 Å². The van der Waals surface area contributed by atoms with Crippen LogP contribution < -0.4 is 10.0 Å². The summed E-state index contributed by atoms with van der Waals surface area (Å²) in [6.07, 6.45) is -0.237. The molecule has 2 aromatic rings. The van der Waals surface area contributed by atoms with Gasteiger partial charge in [0.25, 0.3) is 0 Å². The molecule has 184 valence electrons. The Morgan fingerprint density at radius 3 is 2.42 bits per heavy atom. The molecule has 1 aromatic carbocycles. The highest BCUT2D eigenvalue weighted by Crippen LogP contribution is 2.40. The highest BCUT2D eigenvalue weighted by atomic mass is 35.5. The number of hydrogen-bond donors (Lipinski definition) is 2. The third kappa shape index (κ3) is 8.06. The summed E-state index contributed by atoms with van der Waals surface area (Å²) in [5.74, 6) is -0.0920. The number of benzene rings is 1. The standard InChI is InChI=1S/C21H30Cl2N4O5S/c1-5-27(6-2)11-8-12-33(29,30)26-19-17(13-31-21(28)24-14(3)4)32-25-20(19)18-15(22)9-7-10-16(18)23/h7,9-10,14,26H,5-6,8,11-13H2,1-4H3,(H,24,28). The Bertz CT molecular complexity index is 1020. The van der Waals surface area contributed by atoms with E-state index in [-0.39, 0.29) is 45.6 Å². The van der Waals surface area contributed by atoms with E-state index in [0.29, 0.717) is 18.5 Å². The van der Waals surface area contributed by atoms with Crippen LogP contribution in [0.4, 0.5) is 10.5 Å². The van der Waals surface area contributed by atoms with Crippen molar-refractivity contribution in [1.82, 2.24) is 15.4 Å². The molecule has 1 amide bonds. The maximum absolute atomic E-state index is 12.9. The summed E-state index contributed by atoms with van der Waals surface area (Å²) in [7, 11) is -3.77. The van der Waals surface area contributed by atoms with Crippen molar-refractivity contribution in [2.45, 2.75) is 46.8 Å². The first-order chi connectivity index (χ1) is 15.6. The van der Waals surface area contributed by atoms with Gasteiger partial charge in [-0.2, -0.15) is 0 Å². The van der Waals surface area contributed by atoms with Crippen molar-refractivity contribution in [2.75, 3.05) is 30.1 Å². The van der Waals surface area contributed by atoms with Crippen LogP contribution in [0.1, 0.15) is 39.9 Å². The van der Waals surface area contributed by atoms with Crippen LogP contribution in [0, 0.1) is 0 Å². The van der Waals surface area contributed by atoms with Crippen molar-refractivity contribution in [3.63, 3.8) is 0 Å². The molecule has 33 heavy (non-hydrogen) atoms. The average Bonchev–Trinajstić information content (AvgIpc) is 3.10. The lowest BCUT2D eigenvalue weighted by Crippen LogP contribution is -2.30. The van der Waals surface area contributed by atoms with Gasteiger partial charge in [0.2, 0.25) is 10.0 Å². The second-order valence-corrected chi connectivity index (χ2v) is 10.3. The molecule has 0 saturated heterocycles. The number of nitrogens with one attached hydrogen (secondary N) is 2. The predicted molar refractivity (Wildman–Crippen MR) is 130 cm³/mol. The van der Waals surface area contributed by atoms with E-state index in [9.17, 15) is 13.2 Å². The number of rotatable bonds is 12. The second-order valence-electron chi connectivity index (χ2n) is 7.60. The molecule has 0 unspecified atom stereocenters. The summed E-state index contributed by atoms with van der Waals surface area (Å²) < 4.78 is 38.7. The molecule has 9 nitrogen and oxygen atoms in total. The van der Waals surface area contributed by atoms with Crippen LogP contribution in [-0.2, 0) is 21.4 Å². The number of halogens is 2. The van der Waals surface area contributed by atoms with Crippen LogP contribution in [0.5, 0.6) is 0 Å². The van der Waals surface area contributed by atoms with Crippen molar-refractivity contribution in [3.8, 4) is 11.3 Å². The Labute approximate surface area is 204 Å². The van der Waals surface area contributed by atoms with Crippen LogP contribution in [0.2, 0.25) is 10.0 Å².